The Bertz CT molecular complexity index is 238. The first-order valence-electron chi connectivity index (χ1n) is 4.23. The summed E-state index contributed by atoms with van der Waals surface area (Å²) >= 11 is 0. The van der Waals surface area contributed by atoms with Crippen LogP contribution in [0.2, 0.25) is 0 Å². The van der Waals surface area contributed by atoms with Crippen LogP contribution in [0.15, 0.2) is 0 Å². The van der Waals surface area contributed by atoms with Gasteiger partial charge in [0.1, 0.15) is 0 Å². The summed E-state index contributed by atoms with van der Waals surface area (Å²) in [6.45, 7) is 3.02. The van der Waals surface area contributed by atoms with Gasteiger partial charge in [0.05, 0.1) is 11.0 Å². The Morgan fingerprint density at radius 2 is 2.25 bits per heavy atom. The van der Waals surface area contributed by atoms with Crippen LogP contribution in [0, 0.1) is 0 Å². The molecule has 1 saturated heterocycles. The molecule has 0 aromatic heterocycles. The fraction of sp³-hybridized carbons (Fsp3) is 1.00. The Morgan fingerprint density at radius 3 is 2.67 bits per heavy atom. The van der Waals surface area contributed by atoms with Crippen molar-refractivity contribution >= 4 is 9.84 Å². The SMILES string of the molecule is CC1C(NCCN)CCS1(=O)=O. The Kier molecular flexibility index (Phi) is 3.09. The number of nitrogens with two attached hydrogens (primary N) is 1. The van der Waals surface area contributed by atoms with Crippen molar-refractivity contribution in [1.29, 1.82) is 0 Å². The number of nitrogens with one attached hydrogen (secondary N) is 1. The highest BCUT2D eigenvalue weighted by molar-refractivity contribution is 7.92. The summed E-state index contributed by atoms with van der Waals surface area (Å²) in [6, 6.07) is 0.110. The molecule has 0 bridgehead atoms. The minimum absolute atomic E-state index is 0.110. The van der Waals surface area contributed by atoms with Crippen molar-refractivity contribution in [2.24, 2.45) is 5.73 Å². The Morgan fingerprint density at radius 1 is 1.58 bits per heavy atom. The molecule has 5 heteroatoms. The van der Waals surface area contributed by atoms with E-state index >= 15 is 0 Å². The molecule has 2 unspecified atom stereocenters. The van der Waals surface area contributed by atoms with Crippen LogP contribution in [0.25, 0.3) is 0 Å². The van der Waals surface area contributed by atoms with Crippen molar-refractivity contribution in [3.8, 4) is 0 Å². The van der Waals surface area contributed by atoms with E-state index in [4.69, 9.17) is 5.73 Å². The third-order valence-electron chi connectivity index (χ3n) is 2.40. The number of hydrogen-bond donors (Lipinski definition) is 2. The maximum absolute atomic E-state index is 11.3. The van der Waals surface area contributed by atoms with E-state index in [2.05, 4.69) is 5.32 Å². The van der Waals surface area contributed by atoms with Gasteiger partial charge in [-0.05, 0) is 13.3 Å². The summed E-state index contributed by atoms with van der Waals surface area (Å²) in [5.74, 6) is 0.316. The first-order valence-corrected chi connectivity index (χ1v) is 5.94. The van der Waals surface area contributed by atoms with E-state index < -0.39 is 9.84 Å². The molecule has 1 fully saturated rings. The molecule has 3 N–H and O–H groups in total. The molecular formula is C7H16N2O2S. The number of rotatable bonds is 3. The van der Waals surface area contributed by atoms with Crippen LogP contribution >= 0.6 is 0 Å². The van der Waals surface area contributed by atoms with Crippen LogP contribution in [0.1, 0.15) is 13.3 Å². The van der Waals surface area contributed by atoms with E-state index in [9.17, 15) is 8.42 Å². The molecule has 0 spiro atoms. The highest BCUT2D eigenvalue weighted by atomic mass is 32.2. The van der Waals surface area contributed by atoms with Crippen LogP contribution in [-0.2, 0) is 9.84 Å². The van der Waals surface area contributed by atoms with E-state index in [1.54, 1.807) is 6.92 Å². The van der Waals surface area contributed by atoms with Gasteiger partial charge in [0.15, 0.2) is 9.84 Å². The highest BCUT2D eigenvalue weighted by Crippen LogP contribution is 2.19. The summed E-state index contributed by atoms with van der Waals surface area (Å²) in [5.41, 5.74) is 5.31. The summed E-state index contributed by atoms with van der Waals surface area (Å²) in [5, 5.41) is 2.89. The van der Waals surface area contributed by atoms with E-state index in [-0.39, 0.29) is 11.3 Å². The Labute approximate surface area is 73.4 Å². The molecule has 12 heavy (non-hydrogen) atoms. The average molecular weight is 192 g/mol. The molecule has 0 aromatic carbocycles. The predicted octanol–water partition coefficient (Wildman–Crippen LogP) is -0.890. The smallest absolute Gasteiger partial charge is 0.154 e. The number of hydrogen-bond acceptors (Lipinski definition) is 4. The molecule has 1 aliphatic rings. The molecular weight excluding hydrogens is 176 g/mol. The van der Waals surface area contributed by atoms with Crippen molar-refractivity contribution in [3.05, 3.63) is 0 Å². The maximum Gasteiger partial charge on any atom is 0.154 e. The first-order chi connectivity index (χ1) is 5.58. The van der Waals surface area contributed by atoms with Gasteiger partial charge in [0.2, 0.25) is 0 Å². The van der Waals surface area contributed by atoms with Crippen molar-refractivity contribution in [2.75, 3.05) is 18.8 Å². The molecule has 0 amide bonds. The molecule has 2 atom stereocenters. The van der Waals surface area contributed by atoms with Crippen LogP contribution < -0.4 is 11.1 Å². The largest absolute Gasteiger partial charge is 0.329 e. The Hall–Kier alpha value is -0.130. The van der Waals surface area contributed by atoms with Gasteiger partial charge in [-0.25, -0.2) is 8.42 Å². The zero-order valence-electron chi connectivity index (χ0n) is 7.29. The minimum Gasteiger partial charge on any atom is -0.329 e. The standard InChI is InChI=1S/C7H16N2O2S/c1-6-7(9-4-3-8)2-5-12(6,10)11/h6-7,9H,2-5,8H2,1H3. The zero-order valence-corrected chi connectivity index (χ0v) is 8.10. The van der Waals surface area contributed by atoms with Gasteiger partial charge in [-0.1, -0.05) is 0 Å². The molecule has 1 heterocycles. The van der Waals surface area contributed by atoms with Gasteiger partial charge >= 0.3 is 0 Å². The lowest BCUT2D eigenvalue weighted by molar-refractivity contribution is 0.511. The van der Waals surface area contributed by atoms with Crippen molar-refractivity contribution < 1.29 is 8.42 Å². The summed E-state index contributed by atoms with van der Waals surface area (Å²) in [7, 11) is -2.81. The summed E-state index contributed by atoms with van der Waals surface area (Å²) < 4.78 is 22.5. The van der Waals surface area contributed by atoms with Gasteiger partial charge < -0.3 is 11.1 Å². The quantitative estimate of drug-likeness (QED) is 0.608. The lowest BCUT2D eigenvalue weighted by Crippen LogP contribution is -2.39. The van der Waals surface area contributed by atoms with Crippen molar-refractivity contribution in [1.82, 2.24) is 5.32 Å². The molecule has 0 aliphatic carbocycles. The Balaban J connectivity index is 2.50. The topological polar surface area (TPSA) is 72.2 Å². The third-order valence-corrected chi connectivity index (χ3v) is 4.66. The van der Waals surface area contributed by atoms with Gasteiger partial charge in [-0.3, -0.25) is 0 Å². The molecule has 0 aromatic rings. The zero-order chi connectivity index (χ0) is 9.19. The van der Waals surface area contributed by atoms with Crippen LogP contribution in [0.3, 0.4) is 0 Å². The molecule has 0 saturated carbocycles. The monoisotopic (exact) mass is 192 g/mol. The van der Waals surface area contributed by atoms with Crippen LogP contribution in [0.5, 0.6) is 0 Å². The van der Waals surface area contributed by atoms with Crippen LogP contribution in [-0.4, -0.2) is 38.6 Å². The van der Waals surface area contributed by atoms with E-state index in [1.807, 2.05) is 0 Å². The lowest BCUT2D eigenvalue weighted by Gasteiger charge is -2.14. The lowest BCUT2D eigenvalue weighted by atomic mass is 10.2. The van der Waals surface area contributed by atoms with Crippen LogP contribution in [0.4, 0.5) is 0 Å². The second kappa shape index (κ2) is 3.72. The average Bonchev–Trinajstić information content (AvgIpc) is 2.26. The molecule has 72 valence electrons. The highest BCUT2D eigenvalue weighted by Gasteiger charge is 2.35. The normalized spacial score (nSPS) is 33.8. The van der Waals surface area contributed by atoms with E-state index in [0.717, 1.165) is 6.42 Å². The minimum atomic E-state index is -2.81. The fourth-order valence-corrected chi connectivity index (χ4v) is 3.19. The summed E-state index contributed by atoms with van der Waals surface area (Å²) in [6.07, 6.45) is 0.726. The van der Waals surface area contributed by atoms with Gasteiger partial charge in [0.25, 0.3) is 0 Å². The molecule has 4 nitrogen and oxygen atoms in total. The third kappa shape index (κ3) is 1.97. The molecule has 0 radical (unpaired) electrons. The van der Waals surface area contributed by atoms with Gasteiger partial charge in [-0.2, -0.15) is 0 Å². The van der Waals surface area contributed by atoms with Crippen molar-refractivity contribution in [2.45, 2.75) is 24.6 Å². The molecule has 1 rings (SSSR count). The maximum atomic E-state index is 11.3. The van der Waals surface area contributed by atoms with E-state index in [1.165, 1.54) is 0 Å². The second-order valence-electron chi connectivity index (χ2n) is 3.21. The van der Waals surface area contributed by atoms with Crippen molar-refractivity contribution in [3.63, 3.8) is 0 Å². The predicted molar refractivity (Wildman–Crippen MR) is 48.7 cm³/mol. The fourth-order valence-electron chi connectivity index (χ4n) is 1.50. The number of sulfone groups is 1. The van der Waals surface area contributed by atoms with E-state index in [0.29, 0.717) is 18.8 Å². The molecule has 1 aliphatic heterocycles. The van der Waals surface area contributed by atoms with Gasteiger partial charge in [0, 0.05) is 19.1 Å². The second-order valence-corrected chi connectivity index (χ2v) is 5.69. The first kappa shape index (κ1) is 9.95. The summed E-state index contributed by atoms with van der Waals surface area (Å²) in [4.78, 5) is 0. The van der Waals surface area contributed by atoms with Gasteiger partial charge in [-0.15, -0.1) is 0 Å².